The third kappa shape index (κ3) is 3.88. The van der Waals surface area contributed by atoms with E-state index < -0.39 is 10.0 Å². The molecule has 0 spiro atoms. The van der Waals surface area contributed by atoms with Gasteiger partial charge in [0.2, 0.25) is 10.0 Å². The van der Waals surface area contributed by atoms with Crippen LogP contribution in [0.5, 0.6) is 0 Å². The summed E-state index contributed by atoms with van der Waals surface area (Å²) in [5, 5.41) is 3.13. The predicted molar refractivity (Wildman–Crippen MR) is 88.7 cm³/mol. The minimum absolute atomic E-state index is 0.249. The van der Waals surface area contributed by atoms with Crippen molar-refractivity contribution in [3.63, 3.8) is 0 Å². The van der Waals surface area contributed by atoms with Gasteiger partial charge in [0.15, 0.2) is 4.67 Å². The maximum Gasteiger partial charge on any atom is 0.242 e. The minimum Gasteiger partial charge on any atom is -0.451 e. The van der Waals surface area contributed by atoms with Gasteiger partial charge in [0, 0.05) is 19.8 Å². The number of halogens is 2. The number of benzene rings is 1. The molecular weight excluding hydrogens is 424 g/mol. The van der Waals surface area contributed by atoms with Crippen LogP contribution in [0.4, 0.5) is 5.69 Å². The normalized spacial score (nSPS) is 11.9. The summed E-state index contributed by atoms with van der Waals surface area (Å²) in [4.78, 5) is 0.249. The van der Waals surface area contributed by atoms with E-state index in [0.717, 1.165) is 10.2 Å². The first-order valence-corrected chi connectivity index (χ1v) is 9.03. The Kier molecular flexibility index (Phi) is 5.13. The second-order valence-corrected chi connectivity index (χ2v) is 8.23. The monoisotopic (exact) mass is 436 g/mol. The van der Waals surface area contributed by atoms with Crippen molar-refractivity contribution >= 4 is 47.6 Å². The summed E-state index contributed by atoms with van der Waals surface area (Å²) >= 11 is 6.61. The zero-order valence-electron chi connectivity index (χ0n) is 11.4. The van der Waals surface area contributed by atoms with Crippen LogP contribution in [-0.2, 0) is 16.6 Å². The molecule has 0 aliphatic heterocycles. The van der Waals surface area contributed by atoms with Crippen molar-refractivity contribution in [1.29, 1.82) is 0 Å². The number of sulfonamides is 1. The molecule has 0 radical (unpaired) electrons. The van der Waals surface area contributed by atoms with E-state index >= 15 is 0 Å². The smallest absolute Gasteiger partial charge is 0.242 e. The summed E-state index contributed by atoms with van der Waals surface area (Å²) in [5.41, 5.74) is 0.710. The van der Waals surface area contributed by atoms with Gasteiger partial charge in [-0.05, 0) is 56.1 Å². The van der Waals surface area contributed by atoms with Crippen LogP contribution in [0.2, 0.25) is 0 Å². The van der Waals surface area contributed by atoms with Crippen LogP contribution in [0.3, 0.4) is 0 Å². The second-order valence-electron chi connectivity index (χ2n) is 4.50. The van der Waals surface area contributed by atoms with Crippen molar-refractivity contribution in [2.24, 2.45) is 0 Å². The third-order valence-electron chi connectivity index (χ3n) is 2.78. The summed E-state index contributed by atoms with van der Waals surface area (Å²) in [6.07, 6.45) is 0. The lowest BCUT2D eigenvalue weighted by atomic mass is 10.3. The third-order valence-corrected chi connectivity index (χ3v) is 6.30. The SMILES string of the molecule is CN(C)S(=O)(=O)c1cccc(NCc2cc(Br)c(Br)o2)c1. The molecule has 0 unspecified atom stereocenters. The Balaban J connectivity index is 2.15. The van der Waals surface area contributed by atoms with Crippen molar-refractivity contribution in [2.45, 2.75) is 11.4 Å². The molecule has 2 rings (SSSR count). The lowest BCUT2D eigenvalue weighted by Crippen LogP contribution is -2.22. The Labute approximate surface area is 140 Å². The molecule has 1 heterocycles. The highest BCUT2D eigenvalue weighted by Crippen LogP contribution is 2.27. The van der Waals surface area contributed by atoms with Gasteiger partial charge >= 0.3 is 0 Å². The Morgan fingerprint density at radius 3 is 2.52 bits per heavy atom. The van der Waals surface area contributed by atoms with Crippen molar-refractivity contribution in [3.05, 3.63) is 45.2 Å². The number of nitrogens with zero attached hydrogens (tertiary/aromatic N) is 1. The van der Waals surface area contributed by atoms with Gasteiger partial charge in [-0.15, -0.1) is 0 Å². The minimum atomic E-state index is -3.43. The number of hydrogen-bond donors (Lipinski definition) is 1. The topological polar surface area (TPSA) is 62.6 Å². The zero-order chi connectivity index (χ0) is 15.6. The number of anilines is 1. The quantitative estimate of drug-likeness (QED) is 0.775. The van der Waals surface area contributed by atoms with E-state index in [0.29, 0.717) is 16.9 Å². The average Bonchev–Trinajstić information content (AvgIpc) is 2.76. The molecule has 0 atom stereocenters. The molecule has 1 aromatic carbocycles. The van der Waals surface area contributed by atoms with E-state index in [9.17, 15) is 8.42 Å². The maximum atomic E-state index is 12.1. The van der Waals surface area contributed by atoms with Crippen LogP contribution < -0.4 is 5.32 Å². The number of hydrogen-bond acceptors (Lipinski definition) is 4. The van der Waals surface area contributed by atoms with Gasteiger partial charge in [-0.2, -0.15) is 0 Å². The van der Waals surface area contributed by atoms with E-state index in [1.165, 1.54) is 18.4 Å². The van der Waals surface area contributed by atoms with Crippen molar-refractivity contribution in [2.75, 3.05) is 19.4 Å². The van der Waals surface area contributed by atoms with Crippen LogP contribution in [0.1, 0.15) is 5.76 Å². The Morgan fingerprint density at radius 1 is 1.24 bits per heavy atom. The van der Waals surface area contributed by atoms with Crippen LogP contribution >= 0.6 is 31.9 Å². The molecule has 1 N–H and O–H groups in total. The molecule has 0 saturated carbocycles. The standard InChI is InChI=1S/C13H14Br2N2O3S/c1-17(2)21(18,19)11-5-3-4-9(6-11)16-8-10-7-12(14)13(15)20-10/h3-7,16H,8H2,1-2H3. The molecular formula is C13H14Br2N2O3S. The maximum absolute atomic E-state index is 12.1. The Morgan fingerprint density at radius 2 is 1.95 bits per heavy atom. The summed E-state index contributed by atoms with van der Waals surface area (Å²) in [6, 6.07) is 8.52. The summed E-state index contributed by atoms with van der Waals surface area (Å²) in [6.45, 7) is 0.454. The van der Waals surface area contributed by atoms with Crippen molar-refractivity contribution < 1.29 is 12.8 Å². The molecule has 0 aliphatic rings. The molecule has 0 saturated heterocycles. The molecule has 114 valence electrons. The molecule has 1 aromatic heterocycles. The molecule has 0 amide bonds. The molecule has 0 bridgehead atoms. The lowest BCUT2D eigenvalue weighted by molar-refractivity contribution is 0.494. The van der Waals surface area contributed by atoms with E-state index in [1.54, 1.807) is 18.2 Å². The highest BCUT2D eigenvalue weighted by atomic mass is 79.9. The first kappa shape index (κ1) is 16.5. The molecule has 0 aliphatic carbocycles. The highest BCUT2D eigenvalue weighted by Gasteiger charge is 2.17. The number of rotatable bonds is 5. The van der Waals surface area contributed by atoms with Gasteiger partial charge in [0.25, 0.3) is 0 Å². The van der Waals surface area contributed by atoms with E-state index in [4.69, 9.17) is 4.42 Å². The fourth-order valence-electron chi connectivity index (χ4n) is 1.65. The zero-order valence-corrected chi connectivity index (χ0v) is 15.4. The fourth-order valence-corrected chi connectivity index (χ4v) is 3.25. The molecule has 2 aromatic rings. The second kappa shape index (κ2) is 6.51. The van der Waals surface area contributed by atoms with Gasteiger partial charge in [0.1, 0.15) is 5.76 Å². The Hall–Kier alpha value is -0.830. The van der Waals surface area contributed by atoms with E-state index in [2.05, 4.69) is 37.2 Å². The lowest BCUT2D eigenvalue weighted by Gasteiger charge is -2.12. The molecule has 8 heteroatoms. The van der Waals surface area contributed by atoms with Gasteiger partial charge in [0.05, 0.1) is 15.9 Å². The summed E-state index contributed by atoms with van der Waals surface area (Å²) < 4.78 is 32.3. The first-order chi connectivity index (χ1) is 9.80. The van der Waals surface area contributed by atoms with E-state index in [1.807, 2.05) is 12.1 Å². The van der Waals surface area contributed by atoms with Gasteiger partial charge in [-0.3, -0.25) is 0 Å². The highest BCUT2D eigenvalue weighted by molar-refractivity contribution is 9.13. The van der Waals surface area contributed by atoms with Crippen LogP contribution in [0, 0.1) is 0 Å². The Bertz CT molecular complexity index is 722. The van der Waals surface area contributed by atoms with Crippen molar-refractivity contribution in [3.8, 4) is 0 Å². The van der Waals surface area contributed by atoms with Gasteiger partial charge < -0.3 is 9.73 Å². The number of furan rings is 1. The van der Waals surface area contributed by atoms with Crippen LogP contribution in [-0.4, -0.2) is 26.8 Å². The largest absolute Gasteiger partial charge is 0.451 e. The van der Waals surface area contributed by atoms with E-state index in [-0.39, 0.29) is 4.90 Å². The molecule has 0 fully saturated rings. The average molecular weight is 438 g/mol. The summed E-state index contributed by atoms with van der Waals surface area (Å²) in [5.74, 6) is 0.731. The van der Waals surface area contributed by atoms with Crippen LogP contribution in [0.25, 0.3) is 0 Å². The molecule has 5 nitrogen and oxygen atoms in total. The van der Waals surface area contributed by atoms with Crippen LogP contribution in [0.15, 0.2) is 48.8 Å². The predicted octanol–water partition coefficient (Wildman–Crippen LogP) is 3.67. The van der Waals surface area contributed by atoms with Crippen molar-refractivity contribution in [1.82, 2.24) is 4.31 Å². The molecule has 21 heavy (non-hydrogen) atoms. The first-order valence-electron chi connectivity index (χ1n) is 6.01. The summed E-state index contributed by atoms with van der Waals surface area (Å²) in [7, 11) is -0.415. The van der Waals surface area contributed by atoms with Gasteiger partial charge in [-0.1, -0.05) is 6.07 Å². The van der Waals surface area contributed by atoms with Gasteiger partial charge in [-0.25, -0.2) is 12.7 Å². The number of nitrogens with one attached hydrogen (secondary N) is 1. The fraction of sp³-hybridized carbons (Fsp3) is 0.231.